The second-order valence-electron chi connectivity index (χ2n) is 4.33. The Hall–Kier alpha value is -0.250. The number of anilines is 1. The van der Waals surface area contributed by atoms with Crippen molar-refractivity contribution in [2.45, 2.75) is 12.8 Å². The van der Waals surface area contributed by atoms with Crippen molar-refractivity contribution in [2.24, 2.45) is 0 Å². The molecule has 1 saturated heterocycles. The van der Waals surface area contributed by atoms with Crippen LogP contribution in [0.5, 0.6) is 0 Å². The largest absolute Gasteiger partial charge is 0.369 e. The fourth-order valence-electron chi connectivity index (χ4n) is 2.25. The molecule has 2 rings (SSSR count). The Labute approximate surface area is 117 Å². The quantitative estimate of drug-likeness (QED) is 0.789. The van der Waals surface area contributed by atoms with Crippen molar-refractivity contribution in [3.63, 3.8) is 0 Å². The maximum absolute atomic E-state index is 6.01. The van der Waals surface area contributed by atoms with Gasteiger partial charge in [-0.15, -0.1) is 11.6 Å². The van der Waals surface area contributed by atoms with E-state index in [-0.39, 0.29) is 0 Å². The average molecular weight is 318 g/mol. The van der Waals surface area contributed by atoms with E-state index in [4.69, 9.17) is 11.6 Å². The standard InChI is InChI=1S/C13H18BrClN2/c1-2-16-5-7-17(8-6-16)13-9-12(14)4-3-11(13)10-15/h3-4,9H,2,5-8,10H2,1H3. The van der Waals surface area contributed by atoms with Crippen LogP contribution in [0.15, 0.2) is 22.7 Å². The average Bonchev–Trinajstić information content (AvgIpc) is 2.39. The molecule has 1 aliphatic rings. The third-order valence-electron chi connectivity index (χ3n) is 3.35. The summed E-state index contributed by atoms with van der Waals surface area (Å²) < 4.78 is 1.12. The molecular formula is C13H18BrClN2. The molecule has 0 aromatic heterocycles. The molecule has 1 aromatic rings. The second-order valence-corrected chi connectivity index (χ2v) is 5.51. The molecule has 1 fully saturated rings. The van der Waals surface area contributed by atoms with E-state index in [0.717, 1.165) is 37.2 Å². The van der Waals surface area contributed by atoms with Gasteiger partial charge in [-0.1, -0.05) is 28.9 Å². The SMILES string of the molecule is CCN1CCN(c2cc(Br)ccc2CCl)CC1. The molecule has 1 heterocycles. The van der Waals surface area contributed by atoms with E-state index < -0.39 is 0 Å². The number of rotatable bonds is 3. The van der Waals surface area contributed by atoms with Gasteiger partial charge in [0.1, 0.15) is 0 Å². The summed E-state index contributed by atoms with van der Waals surface area (Å²) in [5, 5.41) is 0. The van der Waals surface area contributed by atoms with Crippen LogP contribution in [0, 0.1) is 0 Å². The van der Waals surface area contributed by atoms with E-state index in [0.29, 0.717) is 5.88 Å². The van der Waals surface area contributed by atoms with Crippen LogP contribution in [0.25, 0.3) is 0 Å². The Morgan fingerprint density at radius 1 is 1.24 bits per heavy atom. The van der Waals surface area contributed by atoms with Crippen LogP contribution in [-0.4, -0.2) is 37.6 Å². The lowest BCUT2D eigenvalue weighted by atomic mass is 10.1. The van der Waals surface area contributed by atoms with Crippen LogP contribution in [-0.2, 0) is 5.88 Å². The molecule has 0 unspecified atom stereocenters. The van der Waals surface area contributed by atoms with Gasteiger partial charge in [0.05, 0.1) is 0 Å². The number of alkyl halides is 1. The first-order valence-corrected chi connectivity index (χ1v) is 7.39. The molecule has 0 amide bonds. The summed E-state index contributed by atoms with van der Waals surface area (Å²) in [5.74, 6) is 0.580. The van der Waals surface area contributed by atoms with Crippen molar-refractivity contribution < 1.29 is 0 Å². The first-order valence-electron chi connectivity index (χ1n) is 6.06. The monoisotopic (exact) mass is 316 g/mol. The molecule has 2 nitrogen and oxygen atoms in total. The number of piperazine rings is 1. The molecular weight excluding hydrogens is 300 g/mol. The molecule has 0 saturated carbocycles. The van der Waals surface area contributed by atoms with Gasteiger partial charge in [0.2, 0.25) is 0 Å². The summed E-state index contributed by atoms with van der Waals surface area (Å²) in [6, 6.07) is 6.35. The van der Waals surface area contributed by atoms with Gasteiger partial charge in [0.15, 0.2) is 0 Å². The van der Waals surface area contributed by atoms with Crippen LogP contribution in [0.2, 0.25) is 0 Å². The van der Waals surface area contributed by atoms with E-state index in [2.05, 4.69) is 50.9 Å². The predicted molar refractivity (Wildman–Crippen MR) is 78.0 cm³/mol. The minimum atomic E-state index is 0.580. The molecule has 0 spiro atoms. The van der Waals surface area contributed by atoms with Crippen molar-refractivity contribution in [1.29, 1.82) is 0 Å². The number of hydrogen-bond donors (Lipinski definition) is 0. The fraction of sp³-hybridized carbons (Fsp3) is 0.538. The lowest BCUT2D eigenvalue weighted by molar-refractivity contribution is 0.271. The highest BCUT2D eigenvalue weighted by Gasteiger charge is 2.18. The number of halogens is 2. The van der Waals surface area contributed by atoms with Gasteiger partial charge in [0, 0.05) is 42.2 Å². The Kier molecular flexibility index (Phi) is 4.71. The van der Waals surface area contributed by atoms with Gasteiger partial charge in [-0.3, -0.25) is 0 Å². The van der Waals surface area contributed by atoms with Crippen LogP contribution >= 0.6 is 27.5 Å². The van der Waals surface area contributed by atoms with E-state index >= 15 is 0 Å². The highest BCUT2D eigenvalue weighted by Crippen LogP contribution is 2.27. The minimum absolute atomic E-state index is 0.580. The Bertz CT molecular complexity index is 376. The van der Waals surface area contributed by atoms with Crippen molar-refractivity contribution in [2.75, 3.05) is 37.6 Å². The number of hydrogen-bond acceptors (Lipinski definition) is 2. The van der Waals surface area contributed by atoms with Crippen molar-refractivity contribution in [3.05, 3.63) is 28.2 Å². The Morgan fingerprint density at radius 2 is 1.94 bits per heavy atom. The maximum atomic E-state index is 6.01. The molecule has 1 aromatic carbocycles. The highest BCUT2D eigenvalue weighted by atomic mass is 79.9. The van der Waals surface area contributed by atoms with Gasteiger partial charge in [-0.2, -0.15) is 0 Å². The molecule has 17 heavy (non-hydrogen) atoms. The number of likely N-dealkylation sites (N-methyl/N-ethyl adjacent to an activating group) is 1. The predicted octanol–water partition coefficient (Wildman–Crippen LogP) is 3.33. The third-order valence-corrected chi connectivity index (χ3v) is 4.13. The summed E-state index contributed by atoms with van der Waals surface area (Å²) >= 11 is 9.54. The molecule has 94 valence electrons. The Morgan fingerprint density at radius 3 is 2.53 bits per heavy atom. The van der Waals surface area contributed by atoms with Gasteiger partial charge < -0.3 is 9.80 Å². The van der Waals surface area contributed by atoms with Crippen LogP contribution in [0.4, 0.5) is 5.69 Å². The summed E-state index contributed by atoms with van der Waals surface area (Å²) in [5.41, 5.74) is 2.50. The Balaban J connectivity index is 2.14. The van der Waals surface area contributed by atoms with Gasteiger partial charge in [-0.05, 0) is 24.2 Å². The summed E-state index contributed by atoms with van der Waals surface area (Å²) in [6.07, 6.45) is 0. The lowest BCUT2D eigenvalue weighted by Gasteiger charge is -2.36. The molecule has 1 aliphatic heterocycles. The molecule has 0 aliphatic carbocycles. The zero-order valence-electron chi connectivity index (χ0n) is 10.1. The molecule has 4 heteroatoms. The molecule has 0 N–H and O–H groups in total. The molecule has 0 atom stereocenters. The smallest absolute Gasteiger partial charge is 0.0494 e. The van der Waals surface area contributed by atoms with Gasteiger partial charge in [0.25, 0.3) is 0 Å². The topological polar surface area (TPSA) is 6.48 Å². The highest BCUT2D eigenvalue weighted by molar-refractivity contribution is 9.10. The molecule has 0 radical (unpaired) electrons. The van der Waals surface area contributed by atoms with Crippen molar-refractivity contribution >= 4 is 33.2 Å². The van der Waals surface area contributed by atoms with Crippen LogP contribution in [0.3, 0.4) is 0 Å². The third kappa shape index (κ3) is 3.15. The zero-order valence-corrected chi connectivity index (χ0v) is 12.5. The molecule has 0 bridgehead atoms. The number of benzene rings is 1. The summed E-state index contributed by atoms with van der Waals surface area (Å²) in [7, 11) is 0. The van der Waals surface area contributed by atoms with Crippen molar-refractivity contribution in [3.8, 4) is 0 Å². The van der Waals surface area contributed by atoms with E-state index in [1.165, 1.54) is 11.3 Å². The van der Waals surface area contributed by atoms with E-state index in [1.807, 2.05) is 0 Å². The van der Waals surface area contributed by atoms with Crippen molar-refractivity contribution in [1.82, 2.24) is 4.90 Å². The first-order chi connectivity index (χ1) is 8.24. The minimum Gasteiger partial charge on any atom is -0.369 e. The fourth-order valence-corrected chi connectivity index (χ4v) is 2.82. The maximum Gasteiger partial charge on any atom is 0.0494 e. The zero-order chi connectivity index (χ0) is 12.3. The van der Waals surface area contributed by atoms with Gasteiger partial charge >= 0.3 is 0 Å². The van der Waals surface area contributed by atoms with E-state index in [1.54, 1.807) is 0 Å². The van der Waals surface area contributed by atoms with Crippen LogP contribution < -0.4 is 4.90 Å². The number of nitrogens with zero attached hydrogens (tertiary/aromatic N) is 2. The summed E-state index contributed by atoms with van der Waals surface area (Å²) in [6.45, 7) is 7.84. The van der Waals surface area contributed by atoms with E-state index in [9.17, 15) is 0 Å². The van der Waals surface area contributed by atoms with Crippen LogP contribution in [0.1, 0.15) is 12.5 Å². The lowest BCUT2D eigenvalue weighted by Crippen LogP contribution is -2.46. The van der Waals surface area contributed by atoms with Gasteiger partial charge in [-0.25, -0.2) is 0 Å². The normalized spacial score (nSPS) is 17.5. The second kappa shape index (κ2) is 6.07. The summed E-state index contributed by atoms with van der Waals surface area (Å²) in [4.78, 5) is 4.92. The first kappa shape index (κ1) is 13.2.